The molecule has 10 heteroatoms. The van der Waals surface area contributed by atoms with Crippen molar-refractivity contribution >= 4 is 13.8 Å². The number of nitrogens with two attached hydrogens (primary N) is 1. The summed E-state index contributed by atoms with van der Waals surface area (Å²) in [7, 11) is -4.64. The molecule has 0 spiro atoms. The minimum absolute atomic E-state index is 0.256. The van der Waals surface area contributed by atoms with E-state index in [-0.39, 0.29) is 12.5 Å². The molecule has 0 aromatic heterocycles. The normalized spacial score (nSPS) is 12.9. The minimum Gasteiger partial charge on any atom is -0.480 e. The smallest absolute Gasteiger partial charge is 0.466 e. The van der Waals surface area contributed by atoms with E-state index in [1.54, 1.807) is 6.61 Å². The summed E-state index contributed by atoms with van der Waals surface area (Å²) in [5.74, 6) is -0.987. The third kappa shape index (κ3) is 45.6. The van der Waals surface area contributed by atoms with Gasteiger partial charge in [-0.1, -0.05) is 168 Å². The van der Waals surface area contributed by atoms with Crippen LogP contribution < -0.4 is 5.73 Å². The van der Waals surface area contributed by atoms with Gasteiger partial charge >= 0.3 is 13.8 Å². The zero-order valence-electron chi connectivity index (χ0n) is 29.2. The summed E-state index contributed by atoms with van der Waals surface area (Å²) in [5, 5.41) is 9.18. The Hall–Kier alpha value is -0.540. The van der Waals surface area contributed by atoms with Crippen LogP contribution in [0.2, 0.25) is 0 Å². The first-order valence-corrected chi connectivity index (χ1v) is 20.0. The molecule has 0 aliphatic rings. The largest absolute Gasteiger partial charge is 0.480 e. The number of phosphoric acid groups is 1. The van der Waals surface area contributed by atoms with Gasteiger partial charge < -0.3 is 35.0 Å². The van der Waals surface area contributed by atoms with Crippen molar-refractivity contribution in [2.24, 2.45) is 5.73 Å². The lowest BCUT2D eigenvalue weighted by molar-refractivity contribution is -0.139. The number of ether oxygens (including phenoxy) is 2. The van der Waals surface area contributed by atoms with E-state index in [1.165, 1.54) is 148 Å². The van der Waals surface area contributed by atoms with Gasteiger partial charge in [-0.3, -0.25) is 4.79 Å². The lowest BCUT2D eigenvalue weighted by Crippen LogP contribution is -2.35. The van der Waals surface area contributed by atoms with Crippen LogP contribution in [0.5, 0.6) is 0 Å². The molecule has 271 valence electrons. The highest BCUT2D eigenvalue weighted by molar-refractivity contribution is 7.45. The summed E-state index contributed by atoms with van der Waals surface area (Å²) in [6, 6.07) is -0.923. The van der Waals surface area contributed by atoms with Gasteiger partial charge in [-0.25, -0.2) is 4.57 Å². The van der Waals surface area contributed by atoms with Crippen molar-refractivity contribution in [2.75, 3.05) is 13.2 Å². The standard InChI is InChI=1S/C35H70NO4.H3O4P/c1-3-5-7-9-11-13-15-16-17-18-19-20-21-23-25-27-29-39-32-33(31-34(36)35(37)38)40-30-28-26-24-22-14-12-10-8-6-4-2;1-5(2,3)4/h32-34H,3-31,36H2,1-2H3,(H,37,38);(H3,1,2,3,4). The molecule has 1 radical (unpaired) electrons. The van der Waals surface area contributed by atoms with E-state index < -0.39 is 19.8 Å². The van der Waals surface area contributed by atoms with Gasteiger partial charge in [0.25, 0.3) is 0 Å². The quantitative estimate of drug-likeness (QED) is 0.0333. The van der Waals surface area contributed by atoms with Crippen molar-refractivity contribution in [3.8, 4) is 0 Å². The molecule has 45 heavy (non-hydrogen) atoms. The van der Waals surface area contributed by atoms with E-state index in [9.17, 15) is 9.90 Å². The van der Waals surface area contributed by atoms with Crippen LogP contribution in [0.3, 0.4) is 0 Å². The molecule has 0 bridgehead atoms. The summed E-state index contributed by atoms with van der Waals surface area (Å²) in [6.07, 6.45) is 34.4. The summed E-state index contributed by atoms with van der Waals surface area (Å²) in [6.45, 7) is 7.52. The number of unbranched alkanes of at least 4 members (excludes halogenated alkanes) is 24. The average molecular weight is 667 g/mol. The molecule has 0 saturated carbocycles. The van der Waals surface area contributed by atoms with Crippen LogP contribution in [-0.4, -0.2) is 51.1 Å². The van der Waals surface area contributed by atoms with Crippen LogP contribution in [0.1, 0.15) is 187 Å². The highest BCUT2D eigenvalue weighted by Gasteiger charge is 2.20. The van der Waals surface area contributed by atoms with Crippen LogP contribution in [0, 0.1) is 6.61 Å². The molecule has 2 atom stereocenters. The van der Waals surface area contributed by atoms with Gasteiger partial charge in [0.2, 0.25) is 0 Å². The Labute approximate surface area is 277 Å². The summed E-state index contributed by atoms with van der Waals surface area (Å²) in [4.78, 5) is 32.8. The van der Waals surface area contributed by atoms with Gasteiger partial charge in [0.15, 0.2) is 0 Å². The second-order valence-corrected chi connectivity index (χ2v) is 13.6. The molecule has 0 aromatic carbocycles. The highest BCUT2D eigenvalue weighted by atomic mass is 31.2. The molecule has 0 amide bonds. The summed E-state index contributed by atoms with van der Waals surface area (Å²) in [5.41, 5.74) is 5.76. The Balaban J connectivity index is 0. The van der Waals surface area contributed by atoms with Gasteiger partial charge in [0, 0.05) is 19.6 Å². The fourth-order valence-corrected chi connectivity index (χ4v) is 5.25. The maximum atomic E-state index is 11.2. The molecule has 9 nitrogen and oxygen atoms in total. The van der Waals surface area contributed by atoms with Crippen molar-refractivity contribution in [2.45, 2.75) is 199 Å². The zero-order valence-corrected chi connectivity index (χ0v) is 30.1. The van der Waals surface area contributed by atoms with Crippen molar-refractivity contribution in [1.82, 2.24) is 0 Å². The Kier molecular flexibility index (Phi) is 37.6. The van der Waals surface area contributed by atoms with Crippen molar-refractivity contribution < 1.29 is 38.6 Å². The number of carbonyl (C=O) groups is 1. The summed E-state index contributed by atoms with van der Waals surface area (Å²) < 4.78 is 20.6. The lowest BCUT2D eigenvalue weighted by atomic mass is 10.0. The third-order valence-corrected chi connectivity index (χ3v) is 8.00. The highest BCUT2D eigenvalue weighted by Crippen LogP contribution is 2.25. The molecule has 0 aliphatic carbocycles. The first-order chi connectivity index (χ1) is 21.6. The summed E-state index contributed by atoms with van der Waals surface area (Å²) >= 11 is 0. The molecule has 0 heterocycles. The molecular weight excluding hydrogens is 593 g/mol. The Morgan fingerprint density at radius 1 is 0.600 bits per heavy atom. The molecule has 2 unspecified atom stereocenters. The number of hydrogen-bond acceptors (Lipinski definition) is 5. The number of carboxylic acid groups (broad SMARTS) is 1. The van der Waals surface area contributed by atoms with E-state index in [4.69, 9.17) is 34.5 Å². The maximum absolute atomic E-state index is 11.2. The van der Waals surface area contributed by atoms with Crippen molar-refractivity contribution in [3.05, 3.63) is 6.61 Å². The molecule has 0 fully saturated rings. The molecule has 0 saturated heterocycles. The SMILES string of the molecule is CCCCCCCCCCCCCCCCCCO[CH]C(CC(N)C(=O)O)OCCCCCCCCCCCC.O=P(O)(O)O. The molecule has 0 rings (SSSR count). The van der Waals surface area contributed by atoms with Gasteiger partial charge in [-0.15, -0.1) is 0 Å². The Morgan fingerprint density at radius 2 is 0.889 bits per heavy atom. The van der Waals surface area contributed by atoms with Crippen LogP contribution in [0.4, 0.5) is 0 Å². The van der Waals surface area contributed by atoms with E-state index in [0.29, 0.717) is 13.2 Å². The van der Waals surface area contributed by atoms with Gasteiger partial charge in [-0.2, -0.15) is 0 Å². The van der Waals surface area contributed by atoms with Crippen molar-refractivity contribution in [3.63, 3.8) is 0 Å². The number of aliphatic carboxylic acids is 1. The molecule has 6 N–H and O–H groups in total. The fourth-order valence-electron chi connectivity index (χ4n) is 5.25. The molecule has 0 aliphatic heterocycles. The van der Waals surface area contributed by atoms with Crippen LogP contribution >= 0.6 is 7.82 Å². The predicted molar refractivity (Wildman–Crippen MR) is 186 cm³/mol. The maximum Gasteiger partial charge on any atom is 0.466 e. The van der Waals surface area contributed by atoms with Crippen LogP contribution in [0.15, 0.2) is 0 Å². The average Bonchev–Trinajstić information content (AvgIpc) is 2.98. The van der Waals surface area contributed by atoms with E-state index >= 15 is 0 Å². The van der Waals surface area contributed by atoms with Gasteiger partial charge in [-0.05, 0) is 12.8 Å². The van der Waals surface area contributed by atoms with E-state index in [0.717, 1.165) is 19.3 Å². The third-order valence-electron chi connectivity index (χ3n) is 8.00. The minimum atomic E-state index is -4.64. The lowest BCUT2D eigenvalue weighted by Gasteiger charge is -2.19. The second-order valence-electron chi connectivity index (χ2n) is 12.6. The number of hydrogen-bond donors (Lipinski definition) is 5. The Bertz CT molecular complexity index is 641. The monoisotopic (exact) mass is 667 g/mol. The Morgan fingerprint density at radius 3 is 1.20 bits per heavy atom. The number of rotatable bonds is 34. The van der Waals surface area contributed by atoms with Crippen LogP contribution in [0.25, 0.3) is 0 Å². The fraction of sp³-hybridized carbons (Fsp3) is 0.943. The van der Waals surface area contributed by atoms with E-state index in [2.05, 4.69) is 13.8 Å². The van der Waals surface area contributed by atoms with Crippen LogP contribution in [-0.2, 0) is 18.8 Å². The van der Waals surface area contributed by atoms with Gasteiger partial charge in [0.1, 0.15) is 12.6 Å². The zero-order chi connectivity index (χ0) is 33.9. The molecule has 0 aromatic rings. The predicted octanol–water partition coefficient (Wildman–Crippen LogP) is 9.61. The van der Waals surface area contributed by atoms with E-state index in [1.807, 2.05) is 0 Å². The first-order valence-electron chi connectivity index (χ1n) is 18.4. The number of carboxylic acids is 1. The topological polar surface area (TPSA) is 160 Å². The molecular formula is C35H73NO8P. The van der Waals surface area contributed by atoms with Crippen molar-refractivity contribution in [1.29, 1.82) is 0 Å². The van der Waals surface area contributed by atoms with Gasteiger partial charge in [0.05, 0.1) is 6.10 Å². The first kappa shape index (κ1) is 46.6. The second kappa shape index (κ2) is 36.3.